The summed E-state index contributed by atoms with van der Waals surface area (Å²) in [6.07, 6.45) is 0. The third-order valence-corrected chi connectivity index (χ3v) is 1.27. The summed E-state index contributed by atoms with van der Waals surface area (Å²) in [6, 6.07) is 0. The van der Waals surface area contributed by atoms with Gasteiger partial charge in [0.15, 0.2) is 10.7 Å². The Labute approximate surface area is 72.7 Å². The fraction of sp³-hybridized carbons (Fsp3) is 0.250. The van der Waals surface area contributed by atoms with E-state index in [2.05, 4.69) is 15.0 Å². The molecule has 0 atom stereocenters. The van der Waals surface area contributed by atoms with Crippen LogP contribution >= 0.6 is 23.2 Å². The molecule has 0 bridgehead atoms. The van der Waals surface area contributed by atoms with Crippen LogP contribution < -0.4 is 11.5 Å². The molecule has 0 aliphatic heterocycles. The van der Waals surface area contributed by atoms with Crippen LogP contribution in [0, 0.1) is 0 Å². The Balaban J connectivity index is 3.08. The first-order valence-corrected chi connectivity index (χ1v) is 3.52. The Kier molecular flexibility index (Phi) is 2.31. The summed E-state index contributed by atoms with van der Waals surface area (Å²) in [7, 11) is 0. The van der Waals surface area contributed by atoms with Crippen molar-refractivity contribution in [2.24, 2.45) is 0 Å². The van der Waals surface area contributed by atoms with Gasteiger partial charge in [-0.3, -0.25) is 0 Å². The summed E-state index contributed by atoms with van der Waals surface area (Å²) in [4.78, 5) is 9.99. The number of anilines is 2. The number of alkyl halides is 2. The van der Waals surface area contributed by atoms with Gasteiger partial charge in [-0.2, -0.15) is 15.0 Å². The van der Waals surface area contributed by atoms with E-state index in [1.165, 1.54) is 0 Å². The lowest BCUT2D eigenvalue weighted by Crippen LogP contribution is -2.06. The molecular weight excluding hydrogens is 189 g/mol. The standard InChI is InChI=1S/C4H5Cl2N5/c5-1(6)2-9-3(7)11-4(8)10-2/h1H,(H4,7,8,9,10,11). The number of hydrogen-bond donors (Lipinski definition) is 2. The lowest BCUT2D eigenvalue weighted by Gasteiger charge is -2.00. The minimum absolute atomic E-state index is 0.0128. The Morgan fingerprint density at radius 3 is 1.82 bits per heavy atom. The topological polar surface area (TPSA) is 90.7 Å². The molecule has 1 heterocycles. The molecule has 0 spiro atoms. The van der Waals surface area contributed by atoms with E-state index in [1.807, 2.05) is 0 Å². The molecule has 1 rings (SSSR count). The van der Waals surface area contributed by atoms with Crippen LogP contribution in [0.15, 0.2) is 0 Å². The Morgan fingerprint density at radius 1 is 1.00 bits per heavy atom. The van der Waals surface area contributed by atoms with Crippen molar-refractivity contribution in [3.05, 3.63) is 5.82 Å². The molecule has 0 amide bonds. The van der Waals surface area contributed by atoms with Crippen molar-refractivity contribution in [1.82, 2.24) is 15.0 Å². The SMILES string of the molecule is Nc1nc(N)nc(C(Cl)Cl)n1. The summed E-state index contributed by atoms with van der Waals surface area (Å²) in [5.41, 5.74) is 10.5. The Hall–Kier alpha value is -0.810. The number of rotatable bonds is 1. The van der Waals surface area contributed by atoms with Crippen molar-refractivity contribution in [3.63, 3.8) is 0 Å². The number of halogens is 2. The van der Waals surface area contributed by atoms with Crippen molar-refractivity contribution in [3.8, 4) is 0 Å². The van der Waals surface area contributed by atoms with Crippen molar-refractivity contribution < 1.29 is 0 Å². The van der Waals surface area contributed by atoms with E-state index in [0.29, 0.717) is 0 Å². The summed E-state index contributed by atoms with van der Waals surface area (Å²) in [5.74, 6) is 0.191. The zero-order chi connectivity index (χ0) is 8.43. The first-order valence-electron chi connectivity index (χ1n) is 2.64. The van der Waals surface area contributed by atoms with Crippen LogP contribution in [-0.2, 0) is 0 Å². The predicted octanol–water partition coefficient (Wildman–Crippen LogP) is 0.512. The first-order chi connectivity index (χ1) is 5.09. The van der Waals surface area contributed by atoms with Gasteiger partial charge in [0.2, 0.25) is 11.9 Å². The molecule has 0 aromatic carbocycles. The summed E-state index contributed by atoms with van der Waals surface area (Å²) in [6.45, 7) is 0. The Bertz CT molecular complexity index is 242. The highest BCUT2D eigenvalue weighted by atomic mass is 35.5. The van der Waals surface area contributed by atoms with Gasteiger partial charge in [0, 0.05) is 0 Å². The average Bonchev–Trinajstić information content (AvgIpc) is 1.85. The van der Waals surface area contributed by atoms with Crippen molar-refractivity contribution in [2.75, 3.05) is 11.5 Å². The zero-order valence-corrected chi connectivity index (χ0v) is 6.84. The van der Waals surface area contributed by atoms with Crippen molar-refractivity contribution in [2.45, 2.75) is 4.84 Å². The molecule has 5 nitrogen and oxygen atoms in total. The van der Waals surface area contributed by atoms with Gasteiger partial charge in [-0.15, -0.1) is 0 Å². The molecule has 1 aromatic heterocycles. The molecule has 4 N–H and O–H groups in total. The molecule has 60 valence electrons. The molecule has 0 fully saturated rings. The molecule has 1 aromatic rings. The molecule has 0 aliphatic carbocycles. The van der Waals surface area contributed by atoms with E-state index in [4.69, 9.17) is 34.7 Å². The molecule has 0 saturated heterocycles. The van der Waals surface area contributed by atoms with E-state index in [1.54, 1.807) is 0 Å². The normalized spacial score (nSPS) is 10.5. The second-order valence-corrected chi connectivity index (χ2v) is 2.81. The predicted molar refractivity (Wildman–Crippen MR) is 43.1 cm³/mol. The smallest absolute Gasteiger partial charge is 0.225 e. The minimum atomic E-state index is -0.831. The van der Waals surface area contributed by atoms with E-state index in [-0.39, 0.29) is 17.7 Å². The van der Waals surface area contributed by atoms with Gasteiger partial charge in [0.25, 0.3) is 0 Å². The van der Waals surface area contributed by atoms with E-state index in [0.717, 1.165) is 0 Å². The van der Waals surface area contributed by atoms with Crippen molar-refractivity contribution >= 4 is 35.1 Å². The van der Waals surface area contributed by atoms with Gasteiger partial charge >= 0.3 is 0 Å². The van der Waals surface area contributed by atoms with Gasteiger partial charge < -0.3 is 11.5 Å². The molecule has 0 radical (unpaired) electrons. The van der Waals surface area contributed by atoms with Crippen LogP contribution in [0.2, 0.25) is 0 Å². The number of nitrogens with zero attached hydrogens (tertiary/aromatic N) is 3. The third kappa shape index (κ3) is 2.06. The lowest BCUT2D eigenvalue weighted by atomic mass is 10.7. The summed E-state index contributed by atoms with van der Waals surface area (Å²) in [5, 5.41) is 0. The van der Waals surface area contributed by atoms with Crippen molar-refractivity contribution in [1.29, 1.82) is 0 Å². The maximum Gasteiger partial charge on any atom is 0.225 e. The fourth-order valence-corrected chi connectivity index (χ4v) is 0.720. The van der Waals surface area contributed by atoms with Crippen LogP contribution in [0.4, 0.5) is 11.9 Å². The fourth-order valence-electron chi connectivity index (χ4n) is 0.525. The maximum absolute atomic E-state index is 5.45. The third-order valence-electron chi connectivity index (χ3n) is 0.882. The number of hydrogen-bond acceptors (Lipinski definition) is 5. The van der Waals surface area contributed by atoms with Crippen LogP contribution in [0.1, 0.15) is 10.7 Å². The highest BCUT2D eigenvalue weighted by Gasteiger charge is 2.08. The molecule has 11 heavy (non-hydrogen) atoms. The second kappa shape index (κ2) is 3.06. The summed E-state index contributed by atoms with van der Waals surface area (Å²) >= 11 is 10.9. The minimum Gasteiger partial charge on any atom is -0.368 e. The molecule has 7 heteroatoms. The Morgan fingerprint density at radius 2 is 1.45 bits per heavy atom. The van der Waals surface area contributed by atoms with Gasteiger partial charge in [0.1, 0.15) is 0 Å². The van der Waals surface area contributed by atoms with E-state index in [9.17, 15) is 0 Å². The number of nitrogen functional groups attached to an aromatic ring is 2. The summed E-state index contributed by atoms with van der Waals surface area (Å²) < 4.78 is 0. The zero-order valence-electron chi connectivity index (χ0n) is 5.33. The van der Waals surface area contributed by atoms with E-state index >= 15 is 0 Å². The quantitative estimate of drug-likeness (QED) is 0.635. The lowest BCUT2D eigenvalue weighted by molar-refractivity contribution is 0.971. The van der Waals surface area contributed by atoms with Crippen LogP contribution in [0.25, 0.3) is 0 Å². The van der Waals surface area contributed by atoms with Crippen LogP contribution in [0.3, 0.4) is 0 Å². The largest absolute Gasteiger partial charge is 0.368 e. The van der Waals surface area contributed by atoms with Gasteiger partial charge in [0.05, 0.1) is 0 Å². The van der Waals surface area contributed by atoms with Gasteiger partial charge in [-0.1, -0.05) is 23.2 Å². The molecule has 0 aliphatic rings. The highest BCUT2D eigenvalue weighted by molar-refractivity contribution is 6.43. The number of aromatic nitrogens is 3. The van der Waals surface area contributed by atoms with Crippen LogP contribution in [0.5, 0.6) is 0 Å². The molecule has 0 unspecified atom stereocenters. The van der Waals surface area contributed by atoms with Crippen LogP contribution in [-0.4, -0.2) is 15.0 Å². The number of nitrogens with two attached hydrogens (primary N) is 2. The molecular formula is C4H5Cl2N5. The van der Waals surface area contributed by atoms with Gasteiger partial charge in [-0.25, -0.2) is 0 Å². The maximum atomic E-state index is 5.45. The first kappa shape index (κ1) is 8.29. The van der Waals surface area contributed by atoms with Gasteiger partial charge in [-0.05, 0) is 0 Å². The van der Waals surface area contributed by atoms with E-state index < -0.39 is 4.84 Å². The average molecular weight is 194 g/mol. The second-order valence-electron chi connectivity index (χ2n) is 1.71. The molecule has 0 saturated carbocycles. The highest BCUT2D eigenvalue weighted by Crippen LogP contribution is 2.21. The monoisotopic (exact) mass is 193 g/mol.